The summed E-state index contributed by atoms with van der Waals surface area (Å²) in [4.78, 5) is 43.9. The van der Waals surface area contributed by atoms with Gasteiger partial charge in [-0.15, -0.1) is 0 Å². The predicted octanol–water partition coefficient (Wildman–Crippen LogP) is 2.39. The highest BCUT2D eigenvalue weighted by Gasteiger charge is 2.21. The van der Waals surface area contributed by atoms with Gasteiger partial charge in [-0.05, 0) is 66.9 Å². The van der Waals surface area contributed by atoms with Crippen LogP contribution in [0.3, 0.4) is 0 Å². The van der Waals surface area contributed by atoms with Crippen molar-refractivity contribution in [3.8, 4) is 11.4 Å². The summed E-state index contributed by atoms with van der Waals surface area (Å²) in [6.45, 7) is 3.85. The molecule has 178 valence electrons. The van der Waals surface area contributed by atoms with E-state index >= 15 is 0 Å². The molecule has 0 bridgehead atoms. The summed E-state index contributed by atoms with van der Waals surface area (Å²) in [5, 5.41) is 6.86. The lowest BCUT2D eigenvalue weighted by Gasteiger charge is -2.13. The maximum absolute atomic E-state index is 13.4. The van der Waals surface area contributed by atoms with E-state index in [1.807, 2.05) is 19.9 Å². The molecule has 0 fully saturated rings. The first-order valence-corrected chi connectivity index (χ1v) is 11.0. The van der Waals surface area contributed by atoms with Crippen molar-refractivity contribution in [3.63, 3.8) is 0 Å². The van der Waals surface area contributed by atoms with Crippen molar-refractivity contribution in [2.24, 2.45) is 0 Å². The molecule has 0 unspecified atom stereocenters. The topological polar surface area (TPSA) is 108 Å². The minimum atomic E-state index is -0.781. The van der Waals surface area contributed by atoms with Gasteiger partial charge in [0, 0.05) is 6.20 Å². The lowest BCUT2D eigenvalue weighted by molar-refractivity contribution is 0.0940. The molecule has 1 amide bonds. The van der Waals surface area contributed by atoms with E-state index in [1.165, 1.54) is 7.11 Å². The fourth-order valence-corrected chi connectivity index (χ4v) is 3.75. The van der Waals surface area contributed by atoms with Crippen LogP contribution in [0.1, 0.15) is 32.9 Å². The maximum Gasteiger partial charge on any atom is 0.352 e. The molecule has 35 heavy (non-hydrogen) atoms. The Bertz CT molecular complexity index is 1470. The number of pyridine rings is 1. The monoisotopic (exact) mass is 471 g/mol. The molecule has 0 aliphatic rings. The van der Waals surface area contributed by atoms with Gasteiger partial charge < -0.3 is 10.1 Å². The molecule has 0 spiro atoms. The van der Waals surface area contributed by atoms with Gasteiger partial charge in [-0.3, -0.25) is 19.1 Å². The molecule has 0 aliphatic carbocycles. The van der Waals surface area contributed by atoms with E-state index < -0.39 is 17.2 Å². The second kappa shape index (κ2) is 10.2. The van der Waals surface area contributed by atoms with Gasteiger partial charge in [0.25, 0.3) is 11.5 Å². The third-order valence-electron chi connectivity index (χ3n) is 5.36. The van der Waals surface area contributed by atoms with E-state index in [9.17, 15) is 14.4 Å². The summed E-state index contributed by atoms with van der Waals surface area (Å²) >= 11 is 0. The summed E-state index contributed by atoms with van der Waals surface area (Å²) in [7, 11) is 1.54. The Kier molecular flexibility index (Phi) is 6.86. The third kappa shape index (κ3) is 5.35. The smallest absolute Gasteiger partial charge is 0.352 e. The summed E-state index contributed by atoms with van der Waals surface area (Å²) in [6, 6.07) is 17.9. The number of amides is 1. The van der Waals surface area contributed by atoms with Crippen molar-refractivity contribution in [1.82, 2.24) is 24.6 Å². The molecule has 4 aromatic rings. The number of methoxy groups -OCH3 is 1. The summed E-state index contributed by atoms with van der Waals surface area (Å²) < 4.78 is 7.36. The molecule has 0 saturated carbocycles. The van der Waals surface area contributed by atoms with Crippen molar-refractivity contribution < 1.29 is 9.53 Å². The molecule has 1 N–H and O–H groups in total. The van der Waals surface area contributed by atoms with Crippen LogP contribution in [0.4, 0.5) is 0 Å². The quantitative estimate of drug-likeness (QED) is 0.443. The number of rotatable bonds is 7. The Morgan fingerprint density at radius 3 is 2.46 bits per heavy atom. The zero-order valence-electron chi connectivity index (χ0n) is 19.7. The summed E-state index contributed by atoms with van der Waals surface area (Å²) in [6.07, 6.45) is 1.61. The maximum atomic E-state index is 13.4. The molecule has 9 nitrogen and oxygen atoms in total. The lowest BCUT2D eigenvalue weighted by atomic mass is 10.1. The fraction of sp³-hybridized carbons (Fsp3) is 0.192. The Balaban J connectivity index is 1.81. The second-order valence-electron chi connectivity index (χ2n) is 8.14. The van der Waals surface area contributed by atoms with Gasteiger partial charge in [-0.2, -0.15) is 9.78 Å². The number of carbonyl (C=O) groups excluding carboxylic acids is 1. The highest BCUT2D eigenvalue weighted by Crippen LogP contribution is 2.14. The first-order chi connectivity index (χ1) is 16.9. The van der Waals surface area contributed by atoms with Gasteiger partial charge in [0.2, 0.25) is 5.69 Å². The van der Waals surface area contributed by atoms with E-state index in [4.69, 9.17) is 4.74 Å². The number of aryl methyl sites for hydroxylation is 2. The van der Waals surface area contributed by atoms with Crippen molar-refractivity contribution in [1.29, 1.82) is 0 Å². The molecular weight excluding hydrogens is 446 g/mol. The van der Waals surface area contributed by atoms with Crippen LogP contribution in [-0.2, 0) is 13.1 Å². The molecule has 0 atom stereocenters. The van der Waals surface area contributed by atoms with Gasteiger partial charge in [0.1, 0.15) is 5.75 Å². The number of hydrogen-bond acceptors (Lipinski definition) is 6. The number of carbonyl (C=O) groups is 1. The normalized spacial score (nSPS) is 10.7. The van der Waals surface area contributed by atoms with Crippen LogP contribution in [0.25, 0.3) is 5.69 Å². The van der Waals surface area contributed by atoms with Gasteiger partial charge in [0.05, 0.1) is 31.6 Å². The van der Waals surface area contributed by atoms with Gasteiger partial charge in [-0.1, -0.05) is 24.3 Å². The van der Waals surface area contributed by atoms with E-state index in [0.717, 1.165) is 20.4 Å². The highest BCUT2D eigenvalue weighted by molar-refractivity contribution is 5.91. The third-order valence-corrected chi connectivity index (χ3v) is 5.36. The molecular formula is C26H25N5O4. The first-order valence-electron chi connectivity index (χ1n) is 11.0. The van der Waals surface area contributed by atoms with E-state index in [2.05, 4.69) is 15.4 Å². The number of hydrogen-bond donors (Lipinski definition) is 1. The van der Waals surface area contributed by atoms with Crippen molar-refractivity contribution in [2.75, 3.05) is 7.11 Å². The van der Waals surface area contributed by atoms with Crippen LogP contribution in [-0.4, -0.2) is 32.3 Å². The largest absolute Gasteiger partial charge is 0.497 e. The molecule has 9 heteroatoms. The van der Waals surface area contributed by atoms with Crippen LogP contribution < -0.4 is 21.3 Å². The SMILES string of the molecule is COc1cccc(Cn2c(=O)c(C(=O)NCc3ccccn3)nn(-c3cc(C)cc(C)c3)c2=O)c1. The molecule has 2 aromatic heterocycles. The van der Waals surface area contributed by atoms with Crippen LogP contribution in [0.15, 0.2) is 76.4 Å². The molecule has 4 rings (SSSR count). The van der Waals surface area contributed by atoms with Crippen molar-refractivity contribution >= 4 is 5.91 Å². The van der Waals surface area contributed by atoms with Crippen LogP contribution in [0, 0.1) is 13.8 Å². The Morgan fingerprint density at radius 1 is 1.00 bits per heavy atom. The molecule has 0 radical (unpaired) electrons. The molecule has 0 aliphatic heterocycles. The van der Waals surface area contributed by atoms with E-state index in [-0.39, 0.29) is 18.8 Å². The predicted molar refractivity (Wildman–Crippen MR) is 131 cm³/mol. The zero-order chi connectivity index (χ0) is 24.9. The van der Waals surface area contributed by atoms with Crippen molar-refractivity contribution in [3.05, 3.63) is 116 Å². The minimum Gasteiger partial charge on any atom is -0.497 e. The number of ether oxygens (including phenoxy) is 1. The first kappa shape index (κ1) is 23.6. The van der Waals surface area contributed by atoms with Gasteiger partial charge in [-0.25, -0.2) is 4.79 Å². The molecule has 2 heterocycles. The Hall–Kier alpha value is -4.53. The van der Waals surface area contributed by atoms with E-state index in [0.29, 0.717) is 22.7 Å². The molecule has 0 saturated heterocycles. The average Bonchev–Trinajstić information content (AvgIpc) is 2.85. The Morgan fingerprint density at radius 2 is 1.77 bits per heavy atom. The minimum absolute atomic E-state index is 0.0529. The second-order valence-corrected chi connectivity index (χ2v) is 8.14. The number of nitrogens with one attached hydrogen (secondary N) is 1. The average molecular weight is 472 g/mol. The summed E-state index contributed by atoms with van der Waals surface area (Å²) in [5.41, 5.74) is 1.77. The number of benzene rings is 2. The highest BCUT2D eigenvalue weighted by atomic mass is 16.5. The Labute approximate surface area is 201 Å². The lowest BCUT2D eigenvalue weighted by Crippen LogP contribution is -2.46. The molecule has 2 aromatic carbocycles. The number of nitrogens with zero attached hydrogens (tertiary/aromatic N) is 4. The van der Waals surface area contributed by atoms with Crippen LogP contribution in [0.2, 0.25) is 0 Å². The summed E-state index contributed by atoms with van der Waals surface area (Å²) in [5.74, 6) is -0.106. The number of aromatic nitrogens is 4. The van der Waals surface area contributed by atoms with Gasteiger partial charge >= 0.3 is 5.69 Å². The fourth-order valence-electron chi connectivity index (χ4n) is 3.75. The standard InChI is InChI=1S/C26H25N5O4/c1-17-11-18(2)13-21(12-17)31-26(34)30(16-19-7-6-9-22(14-19)35-3)25(33)23(29-31)24(32)28-15-20-8-4-5-10-27-20/h4-14H,15-16H2,1-3H3,(H,28,32). The van der Waals surface area contributed by atoms with Gasteiger partial charge in [0.15, 0.2) is 0 Å². The zero-order valence-corrected chi connectivity index (χ0v) is 19.7. The van der Waals surface area contributed by atoms with Crippen LogP contribution in [0.5, 0.6) is 5.75 Å². The van der Waals surface area contributed by atoms with Crippen LogP contribution >= 0.6 is 0 Å². The van der Waals surface area contributed by atoms with E-state index in [1.54, 1.807) is 60.8 Å². The van der Waals surface area contributed by atoms with Crippen molar-refractivity contribution in [2.45, 2.75) is 26.9 Å².